The molecule has 0 N–H and O–H groups in total. The number of hydrogen-bond acceptors (Lipinski definition) is 4. The van der Waals surface area contributed by atoms with Gasteiger partial charge in [-0.15, -0.1) is 6.58 Å². The molecule has 0 bridgehead atoms. The lowest BCUT2D eigenvalue weighted by atomic mass is 10.1. The van der Waals surface area contributed by atoms with Gasteiger partial charge in [0.2, 0.25) is 0 Å². The van der Waals surface area contributed by atoms with E-state index in [4.69, 9.17) is 9.47 Å². The third-order valence-electron chi connectivity index (χ3n) is 3.77. The summed E-state index contributed by atoms with van der Waals surface area (Å²) in [6, 6.07) is 9.82. The van der Waals surface area contributed by atoms with E-state index in [1.54, 1.807) is 17.9 Å². The Bertz CT molecular complexity index is 529. The first-order valence-electron chi connectivity index (χ1n) is 8.22. The Morgan fingerprint density at radius 3 is 2.50 bits per heavy atom. The van der Waals surface area contributed by atoms with Crippen molar-refractivity contribution in [3.8, 4) is 0 Å². The summed E-state index contributed by atoms with van der Waals surface area (Å²) in [4.78, 5) is 26.0. The highest BCUT2D eigenvalue weighted by Gasteiger charge is 2.22. The van der Waals surface area contributed by atoms with Crippen LogP contribution >= 0.6 is 0 Å². The summed E-state index contributed by atoms with van der Waals surface area (Å²) >= 11 is 0. The maximum Gasteiger partial charge on any atom is 0.335 e. The van der Waals surface area contributed by atoms with Crippen LogP contribution in [0.25, 0.3) is 0 Å². The van der Waals surface area contributed by atoms with Crippen LogP contribution in [0, 0.1) is 0 Å². The van der Waals surface area contributed by atoms with Gasteiger partial charge in [-0.1, -0.05) is 43.3 Å². The predicted molar refractivity (Wildman–Crippen MR) is 93.3 cm³/mol. The molecule has 0 saturated heterocycles. The SMILES string of the molecule is C=CCOC(C)C(=O)OCC(=O)N(Cc1ccccc1)C(C)CC. The van der Waals surface area contributed by atoms with Crippen molar-refractivity contribution in [1.29, 1.82) is 0 Å². The van der Waals surface area contributed by atoms with Gasteiger partial charge in [-0.25, -0.2) is 4.79 Å². The van der Waals surface area contributed by atoms with Gasteiger partial charge in [0.05, 0.1) is 6.61 Å². The third-order valence-corrected chi connectivity index (χ3v) is 3.77. The van der Waals surface area contributed by atoms with Gasteiger partial charge in [-0.2, -0.15) is 0 Å². The van der Waals surface area contributed by atoms with E-state index in [2.05, 4.69) is 6.58 Å². The van der Waals surface area contributed by atoms with E-state index in [0.717, 1.165) is 12.0 Å². The van der Waals surface area contributed by atoms with Crippen LogP contribution in [-0.2, 0) is 25.6 Å². The first-order valence-corrected chi connectivity index (χ1v) is 8.22. The molecule has 0 fully saturated rings. The van der Waals surface area contributed by atoms with Gasteiger partial charge in [0.15, 0.2) is 12.7 Å². The molecule has 5 nitrogen and oxygen atoms in total. The first kappa shape index (κ1) is 19.9. The van der Waals surface area contributed by atoms with Crippen molar-refractivity contribution in [2.75, 3.05) is 13.2 Å². The highest BCUT2D eigenvalue weighted by Crippen LogP contribution is 2.11. The van der Waals surface area contributed by atoms with E-state index >= 15 is 0 Å². The average molecular weight is 333 g/mol. The zero-order valence-corrected chi connectivity index (χ0v) is 14.7. The smallest absolute Gasteiger partial charge is 0.335 e. The zero-order valence-electron chi connectivity index (χ0n) is 14.7. The summed E-state index contributed by atoms with van der Waals surface area (Å²) in [6.45, 7) is 9.59. The van der Waals surface area contributed by atoms with Gasteiger partial charge in [0, 0.05) is 12.6 Å². The highest BCUT2D eigenvalue weighted by molar-refractivity contribution is 5.82. The average Bonchev–Trinajstić information content (AvgIpc) is 2.61. The van der Waals surface area contributed by atoms with Crippen molar-refractivity contribution < 1.29 is 19.1 Å². The molecule has 0 spiro atoms. The molecule has 2 unspecified atom stereocenters. The first-order chi connectivity index (χ1) is 11.5. The molecular formula is C19H27NO4. The summed E-state index contributed by atoms with van der Waals surface area (Å²) in [5.74, 6) is -0.758. The molecule has 1 aromatic rings. The van der Waals surface area contributed by atoms with Crippen molar-refractivity contribution >= 4 is 11.9 Å². The van der Waals surface area contributed by atoms with Crippen LogP contribution in [0.2, 0.25) is 0 Å². The Kier molecular flexibility index (Phi) is 8.79. The van der Waals surface area contributed by atoms with E-state index < -0.39 is 12.1 Å². The normalized spacial score (nSPS) is 13.0. The number of rotatable bonds is 10. The quantitative estimate of drug-likeness (QED) is 0.488. The molecule has 0 aliphatic carbocycles. The Balaban J connectivity index is 2.61. The standard InChI is InChI=1S/C19H27NO4/c1-5-12-23-16(4)19(22)24-14-18(21)20(15(3)6-2)13-17-10-8-7-9-11-17/h5,7-11,15-16H,1,6,12-14H2,2-4H3. The number of hydrogen-bond donors (Lipinski definition) is 0. The number of carbonyl (C=O) groups is 2. The Morgan fingerprint density at radius 1 is 1.25 bits per heavy atom. The topological polar surface area (TPSA) is 55.8 Å². The molecule has 0 heterocycles. The Morgan fingerprint density at radius 2 is 1.92 bits per heavy atom. The number of nitrogens with zero attached hydrogens (tertiary/aromatic N) is 1. The van der Waals surface area contributed by atoms with Gasteiger partial charge >= 0.3 is 5.97 Å². The minimum atomic E-state index is -0.720. The van der Waals surface area contributed by atoms with E-state index in [9.17, 15) is 9.59 Å². The summed E-state index contributed by atoms with van der Waals surface area (Å²) in [7, 11) is 0. The number of ether oxygens (including phenoxy) is 2. The van der Waals surface area contributed by atoms with E-state index in [-0.39, 0.29) is 25.2 Å². The molecule has 1 amide bonds. The van der Waals surface area contributed by atoms with Crippen molar-refractivity contribution in [1.82, 2.24) is 4.90 Å². The van der Waals surface area contributed by atoms with Gasteiger partial charge < -0.3 is 14.4 Å². The molecular weight excluding hydrogens is 306 g/mol. The number of carbonyl (C=O) groups excluding carboxylic acids is 2. The second-order valence-corrected chi connectivity index (χ2v) is 5.64. The van der Waals surface area contributed by atoms with Crippen molar-refractivity contribution in [3.05, 3.63) is 48.6 Å². The molecule has 24 heavy (non-hydrogen) atoms. The van der Waals surface area contributed by atoms with Crippen LogP contribution in [0.3, 0.4) is 0 Å². The van der Waals surface area contributed by atoms with Crippen LogP contribution in [-0.4, -0.2) is 42.1 Å². The fraction of sp³-hybridized carbons (Fsp3) is 0.474. The zero-order chi connectivity index (χ0) is 17.9. The minimum absolute atomic E-state index is 0.0610. The Labute approximate surface area is 144 Å². The molecule has 0 radical (unpaired) electrons. The summed E-state index contributed by atoms with van der Waals surface area (Å²) in [5.41, 5.74) is 1.04. The predicted octanol–water partition coefficient (Wildman–Crippen LogP) is 2.95. The lowest BCUT2D eigenvalue weighted by Gasteiger charge is -2.28. The van der Waals surface area contributed by atoms with Gasteiger partial charge in [-0.3, -0.25) is 4.79 Å². The van der Waals surface area contributed by atoms with E-state index in [1.165, 1.54) is 0 Å². The second kappa shape index (κ2) is 10.6. The third kappa shape index (κ3) is 6.54. The molecule has 2 atom stereocenters. The van der Waals surface area contributed by atoms with Crippen molar-refractivity contribution in [2.24, 2.45) is 0 Å². The summed E-state index contributed by atoms with van der Waals surface area (Å²) in [6.07, 6.45) is 1.66. The lowest BCUT2D eigenvalue weighted by molar-refractivity contribution is -0.161. The van der Waals surface area contributed by atoms with Crippen LogP contribution in [0.15, 0.2) is 43.0 Å². The van der Waals surface area contributed by atoms with E-state index in [1.807, 2.05) is 44.2 Å². The molecule has 0 aromatic heterocycles. The van der Waals surface area contributed by atoms with Crippen LogP contribution < -0.4 is 0 Å². The van der Waals surface area contributed by atoms with Crippen molar-refractivity contribution in [3.63, 3.8) is 0 Å². The van der Waals surface area contributed by atoms with Crippen LogP contribution in [0.4, 0.5) is 0 Å². The van der Waals surface area contributed by atoms with Gasteiger partial charge in [0.1, 0.15) is 0 Å². The molecule has 0 saturated carbocycles. The fourth-order valence-corrected chi connectivity index (χ4v) is 2.10. The van der Waals surface area contributed by atoms with Gasteiger partial charge in [0.25, 0.3) is 5.91 Å². The second-order valence-electron chi connectivity index (χ2n) is 5.64. The molecule has 0 aliphatic heterocycles. The largest absolute Gasteiger partial charge is 0.454 e. The molecule has 1 aromatic carbocycles. The van der Waals surface area contributed by atoms with Crippen LogP contribution in [0.1, 0.15) is 32.8 Å². The number of benzene rings is 1. The monoisotopic (exact) mass is 333 g/mol. The minimum Gasteiger partial charge on any atom is -0.454 e. The Hall–Kier alpha value is -2.14. The van der Waals surface area contributed by atoms with Gasteiger partial charge in [-0.05, 0) is 25.8 Å². The molecule has 132 valence electrons. The van der Waals surface area contributed by atoms with Crippen LogP contribution in [0.5, 0.6) is 0 Å². The maximum atomic E-state index is 12.5. The highest BCUT2D eigenvalue weighted by atomic mass is 16.6. The maximum absolute atomic E-state index is 12.5. The van der Waals surface area contributed by atoms with Crippen molar-refractivity contribution in [2.45, 2.75) is 45.9 Å². The molecule has 5 heteroatoms. The van der Waals surface area contributed by atoms with E-state index in [0.29, 0.717) is 6.54 Å². The molecule has 1 rings (SSSR count). The number of amides is 1. The fourth-order valence-electron chi connectivity index (χ4n) is 2.10. The summed E-state index contributed by atoms with van der Waals surface area (Å²) in [5, 5.41) is 0. The number of esters is 1. The molecule has 0 aliphatic rings. The lowest BCUT2D eigenvalue weighted by Crippen LogP contribution is -2.41. The summed E-state index contributed by atoms with van der Waals surface area (Å²) < 4.78 is 10.3.